The molecule has 2 rings (SSSR count). The predicted octanol–water partition coefficient (Wildman–Crippen LogP) is 2.49. The molecule has 0 aliphatic heterocycles. The Kier molecular flexibility index (Phi) is 2.89. The van der Waals surface area contributed by atoms with Gasteiger partial charge in [0.25, 0.3) is 0 Å². The number of aryl methyl sites for hydroxylation is 1. The van der Waals surface area contributed by atoms with Gasteiger partial charge in [-0.05, 0) is 19.8 Å². The second-order valence-electron chi connectivity index (χ2n) is 4.47. The summed E-state index contributed by atoms with van der Waals surface area (Å²) in [5.74, 6) is 0.557. The van der Waals surface area contributed by atoms with Crippen molar-refractivity contribution in [2.75, 3.05) is 0 Å². The SMILES string of the molecule is Cc1c(C(=O)C2CCCCC2)cnn1C. The zero-order valence-electron chi connectivity index (χ0n) is 9.49. The van der Waals surface area contributed by atoms with Gasteiger partial charge in [0.2, 0.25) is 0 Å². The zero-order valence-corrected chi connectivity index (χ0v) is 9.49. The highest BCUT2D eigenvalue weighted by molar-refractivity contribution is 5.98. The van der Waals surface area contributed by atoms with E-state index in [1.807, 2.05) is 14.0 Å². The van der Waals surface area contributed by atoms with Crippen molar-refractivity contribution in [1.82, 2.24) is 9.78 Å². The fraction of sp³-hybridized carbons (Fsp3) is 0.667. The van der Waals surface area contributed by atoms with Gasteiger partial charge in [-0.2, -0.15) is 5.10 Å². The molecule has 0 bridgehead atoms. The van der Waals surface area contributed by atoms with Gasteiger partial charge >= 0.3 is 0 Å². The quantitative estimate of drug-likeness (QED) is 0.697. The van der Waals surface area contributed by atoms with E-state index in [0.29, 0.717) is 5.78 Å². The lowest BCUT2D eigenvalue weighted by Gasteiger charge is -2.19. The summed E-state index contributed by atoms with van der Waals surface area (Å²) in [6, 6.07) is 0. The van der Waals surface area contributed by atoms with Crippen molar-refractivity contribution in [2.24, 2.45) is 13.0 Å². The van der Waals surface area contributed by atoms with E-state index in [0.717, 1.165) is 24.1 Å². The van der Waals surface area contributed by atoms with Crippen LogP contribution in [0.2, 0.25) is 0 Å². The van der Waals surface area contributed by atoms with E-state index in [-0.39, 0.29) is 5.92 Å². The average molecular weight is 206 g/mol. The molecule has 1 fully saturated rings. The maximum Gasteiger partial charge on any atom is 0.169 e. The van der Waals surface area contributed by atoms with Crippen LogP contribution >= 0.6 is 0 Å². The molecular formula is C12H18N2O. The number of hydrogen-bond donors (Lipinski definition) is 0. The standard InChI is InChI=1S/C12H18N2O/c1-9-11(8-13-14(9)2)12(15)10-6-4-3-5-7-10/h8,10H,3-7H2,1-2H3. The van der Waals surface area contributed by atoms with Crippen molar-refractivity contribution in [1.29, 1.82) is 0 Å². The molecule has 0 spiro atoms. The average Bonchev–Trinajstić information content (AvgIpc) is 2.60. The van der Waals surface area contributed by atoms with E-state index < -0.39 is 0 Å². The number of hydrogen-bond acceptors (Lipinski definition) is 2. The lowest BCUT2D eigenvalue weighted by Crippen LogP contribution is -2.18. The molecule has 1 aromatic heterocycles. The Hall–Kier alpha value is -1.12. The Morgan fingerprint density at radius 2 is 2.07 bits per heavy atom. The fourth-order valence-electron chi connectivity index (χ4n) is 2.33. The molecule has 3 heteroatoms. The minimum atomic E-state index is 0.252. The van der Waals surface area contributed by atoms with Gasteiger partial charge in [-0.3, -0.25) is 9.48 Å². The normalized spacial score (nSPS) is 18.0. The third-order valence-corrected chi connectivity index (χ3v) is 3.48. The molecule has 1 aliphatic carbocycles. The molecule has 3 nitrogen and oxygen atoms in total. The summed E-state index contributed by atoms with van der Waals surface area (Å²) in [6.07, 6.45) is 7.54. The minimum Gasteiger partial charge on any atom is -0.294 e. The lowest BCUT2D eigenvalue weighted by atomic mass is 9.84. The number of carbonyl (C=O) groups is 1. The molecular weight excluding hydrogens is 188 g/mol. The Labute approximate surface area is 90.5 Å². The molecule has 1 heterocycles. The molecule has 0 N–H and O–H groups in total. The lowest BCUT2D eigenvalue weighted by molar-refractivity contribution is 0.0889. The molecule has 82 valence electrons. The van der Waals surface area contributed by atoms with Gasteiger partial charge in [0.15, 0.2) is 5.78 Å². The van der Waals surface area contributed by atoms with Gasteiger partial charge < -0.3 is 0 Å². The Bertz CT molecular complexity index is 362. The van der Waals surface area contributed by atoms with E-state index in [2.05, 4.69) is 5.10 Å². The number of ketones is 1. The van der Waals surface area contributed by atoms with Crippen LogP contribution in [0.5, 0.6) is 0 Å². The fourth-order valence-corrected chi connectivity index (χ4v) is 2.33. The Balaban J connectivity index is 2.16. The zero-order chi connectivity index (χ0) is 10.8. The summed E-state index contributed by atoms with van der Waals surface area (Å²) in [7, 11) is 1.88. The smallest absolute Gasteiger partial charge is 0.169 e. The van der Waals surface area contributed by atoms with Crippen LogP contribution in [-0.4, -0.2) is 15.6 Å². The van der Waals surface area contributed by atoms with Crippen LogP contribution < -0.4 is 0 Å². The summed E-state index contributed by atoms with van der Waals surface area (Å²) < 4.78 is 1.77. The summed E-state index contributed by atoms with van der Waals surface area (Å²) in [5, 5.41) is 4.13. The molecule has 0 amide bonds. The second kappa shape index (κ2) is 4.17. The molecule has 0 radical (unpaired) electrons. The number of carbonyl (C=O) groups excluding carboxylic acids is 1. The van der Waals surface area contributed by atoms with Crippen molar-refractivity contribution in [3.63, 3.8) is 0 Å². The summed E-state index contributed by atoms with van der Waals surface area (Å²) in [5.41, 5.74) is 1.81. The Morgan fingerprint density at radius 3 is 2.60 bits per heavy atom. The van der Waals surface area contributed by atoms with Crippen LogP contribution in [-0.2, 0) is 7.05 Å². The van der Waals surface area contributed by atoms with Crippen molar-refractivity contribution < 1.29 is 4.79 Å². The molecule has 15 heavy (non-hydrogen) atoms. The summed E-state index contributed by atoms with van der Waals surface area (Å²) in [4.78, 5) is 12.2. The molecule has 1 aliphatic rings. The highest BCUT2D eigenvalue weighted by atomic mass is 16.1. The highest BCUT2D eigenvalue weighted by Gasteiger charge is 2.24. The maximum atomic E-state index is 12.2. The molecule has 0 atom stereocenters. The number of nitrogens with zero attached hydrogens (tertiary/aromatic N) is 2. The highest BCUT2D eigenvalue weighted by Crippen LogP contribution is 2.27. The number of aromatic nitrogens is 2. The molecule has 1 aromatic rings. The van der Waals surface area contributed by atoms with Gasteiger partial charge in [-0.1, -0.05) is 19.3 Å². The topological polar surface area (TPSA) is 34.9 Å². The van der Waals surface area contributed by atoms with E-state index in [1.165, 1.54) is 19.3 Å². The van der Waals surface area contributed by atoms with Gasteiger partial charge in [0.1, 0.15) is 0 Å². The third kappa shape index (κ3) is 1.96. The van der Waals surface area contributed by atoms with Crippen LogP contribution in [0, 0.1) is 12.8 Å². The van der Waals surface area contributed by atoms with E-state index in [4.69, 9.17) is 0 Å². The van der Waals surface area contributed by atoms with Crippen LogP contribution in [0.3, 0.4) is 0 Å². The van der Waals surface area contributed by atoms with Gasteiger partial charge in [0.05, 0.1) is 11.8 Å². The van der Waals surface area contributed by atoms with E-state index >= 15 is 0 Å². The van der Waals surface area contributed by atoms with Crippen LogP contribution in [0.1, 0.15) is 48.2 Å². The minimum absolute atomic E-state index is 0.252. The molecule has 0 aromatic carbocycles. The van der Waals surface area contributed by atoms with Crippen molar-refractivity contribution in [3.8, 4) is 0 Å². The van der Waals surface area contributed by atoms with Crippen LogP contribution in [0.15, 0.2) is 6.20 Å². The van der Waals surface area contributed by atoms with Crippen molar-refractivity contribution in [2.45, 2.75) is 39.0 Å². The first-order chi connectivity index (χ1) is 7.20. The first-order valence-electron chi connectivity index (χ1n) is 5.73. The summed E-state index contributed by atoms with van der Waals surface area (Å²) >= 11 is 0. The Morgan fingerprint density at radius 1 is 1.40 bits per heavy atom. The monoisotopic (exact) mass is 206 g/mol. The van der Waals surface area contributed by atoms with Gasteiger partial charge in [-0.15, -0.1) is 0 Å². The molecule has 0 saturated heterocycles. The number of Topliss-reactive ketones (excluding diaryl/α,β-unsaturated/α-hetero) is 1. The van der Waals surface area contributed by atoms with Gasteiger partial charge in [-0.25, -0.2) is 0 Å². The summed E-state index contributed by atoms with van der Waals surface area (Å²) in [6.45, 7) is 1.96. The first-order valence-corrected chi connectivity index (χ1v) is 5.73. The largest absolute Gasteiger partial charge is 0.294 e. The maximum absolute atomic E-state index is 12.2. The van der Waals surface area contributed by atoms with Crippen molar-refractivity contribution >= 4 is 5.78 Å². The predicted molar refractivity (Wildman–Crippen MR) is 58.9 cm³/mol. The van der Waals surface area contributed by atoms with Crippen molar-refractivity contribution in [3.05, 3.63) is 17.5 Å². The first kappa shape index (κ1) is 10.4. The van der Waals surface area contributed by atoms with Crippen LogP contribution in [0.25, 0.3) is 0 Å². The number of rotatable bonds is 2. The molecule has 0 unspecified atom stereocenters. The second-order valence-corrected chi connectivity index (χ2v) is 4.47. The van der Waals surface area contributed by atoms with E-state index in [9.17, 15) is 4.79 Å². The third-order valence-electron chi connectivity index (χ3n) is 3.48. The van der Waals surface area contributed by atoms with E-state index in [1.54, 1.807) is 10.9 Å². The van der Waals surface area contributed by atoms with Crippen LogP contribution in [0.4, 0.5) is 0 Å². The molecule has 1 saturated carbocycles. The van der Waals surface area contributed by atoms with Gasteiger partial charge in [0, 0.05) is 18.7 Å².